The molecular formula is C11H11NO7S2. The SMILES string of the molecule is CN(c1ccc2c(O)cc(S(=O)(=O)O)cc2c1)S(=O)(=O)O. The summed E-state index contributed by atoms with van der Waals surface area (Å²) in [5.41, 5.74) is 0.0527. The maximum absolute atomic E-state index is 11.1. The van der Waals surface area contributed by atoms with Crippen LogP contribution in [0.1, 0.15) is 0 Å². The van der Waals surface area contributed by atoms with Crippen molar-refractivity contribution in [2.45, 2.75) is 4.90 Å². The Morgan fingerprint density at radius 2 is 1.62 bits per heavy atom. The lowest BCUT2D eigenvalue weighted by Crippen LogP contribution is -2.25. The lowest BCUT2D eigenvalue weighted by molar-refractivity contribution is 0.470. The molecule has 3 N–H and O–H groups in total. The molecule has 0 unspecified atom stereocenters. The van der Waals surface area contributed by atoms with Crippen molar-refractivity contribution < 1.29 is 31.0 Å². The molecule has 2 rings (SSSR count). The molecule has 0 radical (unpaired) electrons. The summed E-state index contributed by atoms with van der Waals surface area (Å²) >= 11 is 0. The van der Waals surface area contributed by atoms with Gasteiger partial charge >= 0.3 is 10.3 Å². The maximum Gasteiger partial charge on any atom is 0.359 e. The van der Waals surface area contributed by atoms with Crippen molar-refractivity contribution in [3.63, 3.8) is 0 Å². The first-order valence-corrected chi connectivity index (χ1v) is 8.29. The van der Waals surface area contributed by atoms with Gasteiger partial charge in [-0.1, -0.05) is 0 Å². The standard InChI is InChI=1S/C11H11NO7S2/c1-12(21(17,18)19)8-2-3-10-7(4-8)5-9(6-11(10)13)20(14,15)16/h2-6,13H,1H3,(H,14,15,16)(H,17,18,19). The van der Waals surface area contributed by atoms with Gasteiger partial charge in [0.15, 0.2) is 0 Å². The van der Waals surface area contributed by atoms with Gasteiger partial charge in [-0.3, -0.25) is 13.4 Å². The molecule has 0 heterocycles. The van der Waals surface area contributed by atoms with E-state index in [0.29, 0.717) is 4.31 Å². The number of anilines is 1. The molecule has 2 aromatic rings. The van der Waals surface area contributed by atoms with E-state index in [1.165, 1.54) is 18.2 Å². The highest BCUT2D eigenvalue weighted by molar-refractivity contribution is 7.87. The first-order chi connectivity index (χ1) is 9.50. The zero-order chi connectivity index (χ0) is 16.0. The topological polar surface area (TPSA) is 132 Å². The molecule has 0 aliphatic heterocycles. The lowest BCUT2D eigenvalue weighted by atomic mass is 10.1. The van der Waals surface area contributed by atoms with Gasteiger partial charge in [0.25, 0.3) is 10.1 Å². The van der Waals surface area contributed by atoms with Crippen LogP contribution in [0.4, 0.5) is 5.69 Å². The quantitative estimate of drug-likeness (QED) is 0.715. The summed E-state index contributed by atoms with van der Waals surface area (Å²) in [4.78, 5) is -0.529. The first kappa shape index (κ1) is 15.5. The number of phenolic OH excluding ortho intramolecular Hbond substituents is 1. The van der Waals surface area contributed by atoms with Gasteiger partial charge in [0.1, 0.15) is 5.75 Å². The van der Waals surface area contributed by atoms with Crippen LogP contribution in [0.5, 0.6) is 5.75 Å². The molecule has 0 aliphatic carbocycles. The van der Waals surface area contributed by atoms with Gasteiger partial charge in [0, 0.05) is 18.5 Å². The van der Waals surface area contributed by atoms with E-state index in [0.717, 1.165) is 19.2 Å². The summed E-state index contributed by atoms with van der Waals surface area (Å²) in [6, 6.07) is 5.88. The van der Waals surface area contributed by atoms with Crippen molar-refractivity contribution in [3.05, 3.63) is 30.3 Å². The Bertz CT molecular complexity index is 919. The fourth-order valence-corrected chi connectivity index (χ4v) is 2.70. The molecule has 0 fully saturated rings. The molecular weight excluding hydrogens is 322 g/mol. The number of aromatic hydroxyl groups is 1. The molecule has 0 bridgehead atoms. The number of hydrogen-bond acceptors (Lipinski definition) is 5. The van der Waals surface area contributed by atoms with Crippen molar-refractivity contribution in [1.29, 1.82) is 0 Å². The van der Waals surface area contributed by atoms with Crippen LogP contribution < -0.4 is 4.31 Å². The second-order valence-electron chi connectivity index (χ2n) is 4.27. The summed E-state index contributed by atoms with van der Waals surface area (Å²) in [6.07, 6.45) is 0. The highest BCUT2D eigenvalue weighted by atomic mass is 32.2. The Kier molecular flexibility index (Phi) is 3.58. The van der Waals surface area contributed by atoms with Crippen LogP contribution in [0.3, 0.4) is 0 Å². The number of phenols is 1. The van der Waals surface area contributed by atoms with E-state index in [4.69, 9.17) is 9.11 Å². The van der Waals surface area contributed by atoms with E-state index in [1.807, 2.05) is 0 Å². The van der Waals surface area contributed by atoms with E-state index < -0.39 is 25.3 Å². The van der Waals surface area contributed by atoms with Crippen LogP contribution in [0.2, 0.25) is 0 Å². The molecule has 0 saturated carbocycles. The largest absolute Gasteiger partial charge is 0.507 e. The number of hydrogen-bond donors (Lipinski definition) is 3. The molecule has 0 amide bonds. The Morgan fingerprint density at radius 3 is 2.14 bits per heavy atom. The van der Waals surface area contributed by atoms with Crippen LogP contribution >= 0.6 is 0 Å². The van der Waals surface area contributed by atoms with E-state index >= 15 is 0 Å². The van der Waals surface area contributed by atoms with Crippen LogP contribution in [0.25, 0.3) is 10.8 Å². The molecule has 114 valence electrons. The van der Waals surface area contributed by atoms with Crippen molar-refractivity contribution in [2.24, 2.45) is 0 Å². The number of rotatable bonds is 3. The van der Waals surface area contributed by atoms with Crippen molar-refractivity contribution in [2.75, 3.05) is 11.4 Å². The Labute approximate surface area is 120 Å². The van der Waals surface area contributed by atoms with Gasteiger partial charge in [0.05, 0.1) is 10.6 Å². The van der Waals surface area contributed by atoms with E-state index in [9.17, 15) is 21.9 Å². The fraction of sp³-hybridized carbons (Fsp3) is 0.0909. The third-order valence-electron chi connectivity index (χ3n) is 2.90. The summed E-state index contributed by atoms with van der Waals surface area (Å²) in [6.45, 7) is 0. The summed E-state index contributed by atoms with van der Waals surface area (Å²) < 4.78 is 62.9. The molecule has 0 spiro atoms. The Balaban J connectivity index is 2.73. The normalized spacial score (nSPS) is 12.5. The summed E-state index contributed by atoms with van der Waals surface area (Å²) in [5, 5.41) is 10.2. The van der Waals surface area contributed by atoms with Crippen LogP contribution in [-0.2, 0) is 20.4 Å². The van der Waals surface area contributed by atoms with E-state index in [-0.39, 0.29) is 22.2 Å². The third-order valence-corrected chi connectivity index (χ3v) is 4.63. The minimum Gasteiger partial charge on any atom is -0.507 e. The first-order valence-electron chi connectivity index (χ1n) is 5.46. The third kappa shape index (κ3) is 3.08. The number of nitrogens with zero attached hydrogens (tertiary/aromatic N) is 1. The molecule has 21 heavy (non-hydrogen) atoms. The van der Waals surface area contributed by atoms with E-state index in [1.54, 1.807) is 0 Å². The summed E-state index contributed by atoms with van der Waals surface area (Å²) in [7, 11) is -7.89. The Morgan fingerprint density at radius 1 is 1.00 bits per heavy atom. The van der Waals surface area contributed by atoms with Crippen molar-refractivity contribution in [1.82, 2.24) is 0 Å². The highest BCUT2D eigenvalue weighted by Gasteiger charge is 2.17. The van der Waals surface area contributed by atoms with Crippen LogP contribution in [0.15, 0.2) is 35.2 Å². The van der Waals surface area contributed by atoms with Crippen molar-refractivity contribution in [3.8, 4) is 5.75 Å². The van der Waals surface area contributed by atoms with E-state index in [2.05, 4.69) is 0 Å². The average Bonchev–Trinajstić information content (AvgIpc) is 2.35. The maximum atomic E-state index is 11.1. The molecule has 2 aromatic carbocycles. The van der Waals surface area contributed by atoms with Gasteiger partial charge in [0.2, 0.25) is 0 Å². The molecule has 10 heteroatoms. The second kappa shape index (κ2) is 4.84. The lowest BCUT2D eigenvalue weighted by Gasteiger charge is -2.15. The fourth-order valence-electron chi connectivity index (χ4n) is 1.79. The zero-order valence-corrected chi connectivity index (χ0v) is 12.3. The van der Waals surface area contributed by atoms with Crippen LogP contribution in [-0.4, -0.2) is 38.1 Å². The van der Waals surface area contributed by atoms with Gasteiger partial charge in [-0.2, -0.15) is 16.8 Å². The monoisotopic (exact) mass is 333 g/mol. The number of fused-ring (bicyclic) bond motifs is 1. The van der Waals surface area contributed by atoms with Gasteiger partial charge in [-0.05, 0) is 29.7 Å². The Hall–Kier alpha value is -1.88. The minimum atomic E-state index is -4.52. The molecule has 0 aliphatic rings. The predicted octanol–water partition coefficient (Wildman–Crippen LogP) is 1.03. The number of benzene rings is 2. The molecule has 8 nitrogen and oxygen atoms in total. The molecule has 0 saturated heterocycles. The molecule has 0 atom stereocenters. The molecule has 0 aromatic heterocycles. The van der Waals surface area contributed by atoms with Crippen LogP contribution in [0, 0.1) is 0 Å². The van der Waals surface area contributed by atoms with Crippen molar-refractivity contribution >= 4 is 36.9 Å². The highest BCUT2D eigenvalue weighted by Crippen LogP contribution is 2.31. The van der Waals surface area contributed by atoms with Gasteiger partial charge in [-0.15, -0.1) is 0 Å². The summed E-state index contributed by atoms with van der Waals surface area (Å²) in [5.74, 6) is -0.388. The van der Waals surface area contributed by atoms with Gasteiger partial charge in [-0.25, -0.2) is 0 Å². The predicted molar refractivity (Wildman–Crippen MR) is 75.4 cm³/mol. The zero-order valence-electron chi connectivity index (χ0n) is 10.6. The smallest absolute Gasteiger partial charge is 0.359 e. The second-order valence-corrected chi connectivity index (χ2v) is 7.13. The average molecular weight is 333 g/mol. The van der Waals surface area contributed by atoms with Gasteiger partial charge < -0.3 is 5.11 Å². The minimum absolute atomic E-state index is 0.0527.